The minimum absolute atomic E-state index is 0.151. The van der Waals surface area contributed by atoms with Gasteiger partial charge in [0.2, 0.25) is 5.91 Å². The first-order valence-corrected chi connectivity index (χ1v) is 5.42. The third-order valence-electron chi connectivity index (χ3n) is 1.82. The van der Waals surface area contributed by atoms with Gasteiger partial charge in [-0.15, -0.1) is 0 Å². The van der Waals surface area contributed by atoms with Gasteiger partial charge < -0.3 is 10.4 Å². The first kappa shape index (κ1) is 12.4. The molecule has 84 valence electrons. The minimum atomic E-state index is -1.18. The van der Waals surface area contributed by atoms with Crippen molar-refractivity contribution in [2.45, 2.75) is 6.42 Å². The summed E-state index contributed by atoms with van der Waals surface area (Å²) in [7, 11) is 0. The molecule has 0 radical (unpaired) electrons. The molecule has 0 aliphatic carbocycles. The molecule has 2 N–H and O–H groups in total. The van der Waals surface area contributed by atoms with Crippen molar-refractivity contribution in [3.05, 3.63) is 46.6 Å². The molecule has 1 rings (SSSR count). The number of carboxylic acid groups (broad SMARTS) is 1. The SMILES string of the molecule is O=C(Cc1ccccc1)N/C(=C/Br)C(=O)O. The molecule has 1 aromatic rings. The third-order valence-corrected chi connectivity index (χ3v) is 2.28. The van der Waals surface area contributed by atoms with Crippen LogP contribution in [0.1, 0.15) is 5.56 Å². The van der Waals surface area contributed by atoms with Crippen LogP contribution in [-0.2, 0) is 16.0 Å². The smallest absolute Gasteiger partial charge is 0.352 e. The van der Waals surface area contributed by atoms with E-state index in [-0.39, 0.29) is 18.0 Å². The summed E-state index contributed by atoms with van der Waals surface area (Å²) in [6.07, 6.45) is 0.151. The van der Waals surface area contributed by atoms with Crippen molar-refractivity contribution in [2.75, 3.05) is 0 Å². The molecule has 0 fully saturated rings. The Morgan fingerprint density at radius 2 is 1.94 bits per heavy atom. The molecule has 1 aromatic carbocycles. The Morgan fingerprint density at radius 3 is 2.44 bits per heavy atom. The van der Waals surface area contributed by atoms with Crippen LogP contribution in [-0.4, -0.2) is 17.0 Å². The van der Waals surface area contributed by atoms with Crippen LogP contribution in [0, 0.1) is 0 Å². The number of amides is 1. The lowest BCUT2D eigenvalue weighted by Gasteiger charge is -2.04. The van der Waals surface area contributed by atoms with Crippen LogP contribution in [0.3, 0.4) is 0 Å². The summed E-state index contributed by atoms with van der Waals surface area (Å²) in [5, 5.41) is 11.0. The highest BCUT2D eigenvalue weighted by molar-refractivity contribution is 9.11. The van der Waals surface area contributed by atoms with Gasteiger partial charge in [0, 0.05) is 4.99 Å². The van der Waals surface area contributed by atoms with E-state index in [1.807, 2.05) is 18.2 Å². The number of carboxylic acids is 1. The van der Waals surface area contributed by atoms with E-state index >= 15 is 0 Å². The highest BCUT2D eigenvalue weighted by Crippen LogP contribution is 2.01. The van der Waals surface area contributed by atoms with Crippen molar-refractivity contribution in [3.8, 4) is 0 Å². The standard InChI is InChI=1S/C11H10BrNO3/c12-7-9(11(15)16)13-10(14)6-8-4-2-1-3-5-8/h1-5,7H,6H2,(H,13,14)(H,15,16)/b9-7+. The van der Waals surface area contributed by atoms with Gasteiger partial charge in [0.1, 0.15) is 5.70 Å². The normalized spacial score (nSPS) is 10.9. The highest BCUT2D eigenvalue weighted by atomic mass is 79.9. The molecule has 0 aliphatic rings. The van der Waals surface area contributed by atoms with Crippen LogP contribution in [0.2, 0.25) is 0 Å². The fraction of sp³-hybridized carbons (Fsp3) is 0.0909. The summed E-state index contributed by atoms with van der Waals surface area (Å²) < 4.78 is 0. The van der Waals surface area contributed by atoms with Crippen molar-refractivity contribution in [1.82, 2.24) is 5.32 Å². The molecule has 0 atom stereocenters. The van der Waals surface area contributed by atoms with Crippen LogP contribution < -0.4 is 5.32 Å². The van der Waals surface area contributed by atoms with Crippen molar-refractivity contribution in [3.63, 3.8) is 0 Å². The van der Waals surface area contributed by atoms with E-state index in [1.54, 1.807) is 12.1 Å². The van der Waals surface area contributed by atoms with E-state index in [2.05, 4.69) is 21.2 Å². The van der Waals surface area contributed by atoms with Gasteiger partial charge in [0.05, 0.1) is 6.42 Å². The summed E-state index contributed by atoms with van der Waals surface area (Å²) in [6, 6.07) is 9.10. The predicted octanol–water partition coefficient (Wildman–Crippen LogP) is 1.67. The van der Waals surface area contributed by atoms with Crippen molar-refractivity contribution < 1.29 is 14.7 Å². The lowest BCUT2D eigenvalue weighted by Crippen LogP contribution is -2.28. The van der Waals surface area contributed by atoms with E-state index in [0.717, 1.165) is 10.5 Å². The van der Waals surface area contributed by atoms with Crippen molar-refractivity contribution >= 4 is 27.8 Å². The molecular formula is C11H10BrNO3. The zero-order chi connectivity index (χ0) is 12.0. The third kappa shape index (κ3) is 3.86. The Bertz CT molecular complexity index is 414. The molecule has 0 bridgehead atoms. The molecule has 0 saturated carbocycles. The summed E-state index contributed by atoms with van der Waals surface area (Å²) in [5.41, 5.74) is 0.653. The lowest BCUT2D eigenvalue weighted by atomic mass is 10.1. The molecule has 0 unspecified atom stereocenters. The quantitative estimate of drug-likeness (QED) is 0.826. The monoisotopic (exact) mass is 283 g/mol. The Morgan fingerprint density at radius 1 is 1.31 bits per heavy atom. The van der Waals surface area contributed by atoms with Crippen molar-refractivity contribution in [1.29, 1.82) is 0 Å². The van der Waals surface area contributed by atoms with E-state index in [4.69, 9.17) is 5.11 Å². The van der Waals surface area contributed by atoms with Gasteiger partial charge in [0.15, 0.2) is 0 Å². The maximum Gasteiger partial charge on any atom is 0.352 e. The molecule has 4 nitrogen and oxygen atoms in total. The molecule has 0 aromatic heterocycles. The summed E-state index contributed by atoms with van der Waals surface area (Å²) >= 11 is 2.87. The fourth-order valence-corrected chi connectivity index (χ4v) is 1.41. The molecule has 0 saturated heterocycles. The average Bonchev–Trinajstić information content (AvgIpc) is 2.27. The summed E-state index contributed by atoms with van der Waals surface area (Å²) in [5.74, 6) is -1.54. The number of hydrogen-bond donors (Lipinski definition) is 2. The number of hydrogen-bond acceptors (Lipinski definition) is 2. The Balaban J connectivity index is 2.58. The second-order valence-corrected chi connectivity index (χ2v) is 3.50. The second-order valence-electron chi connectivity index (χ2n) is 3.04. The van der Waals surface area contributed by atoms with Gasteiger partial charge in [-0.2, -0.15) is 0 Å². The zero-order valence-electron chi connectivity index (χ0n) is 8.31. The number of halogens is 1. The fourth-order valence-electron chi connectivity index (χ4n) is 1.10. The van der Waals surface area contributed by atoms with Crippen LogP contribution in [0.5, 0.6) is 0 Å². The molecule has 1 amide bonds. The van der Waals surface area contributed by atoms with E-state index in [1.165, 1.54) is 0 Å². The van der Waals surface area contributed by atoms with Crippen LogP contribution in [0.4, 0.5) is 0 Å². The van der Waals surface area contributed by atoms with Gasteiger partial charge >= 0.3 is 5.97 Å². The molecule has 5 heteroatoms. The lowest BCUT2D eigenvalue weighted by molar-refractivity contribution is -0.134. The van der Waals surface area contributed by atoms with Crippen molar-refractivity contribution in [2.24, 2.45) is 0 Å². The summed E-state index contributed by atoms with van der Waals surface area (Å²) in [6.45, 7) is 0. The number of carbonyl (C=O) groups excluding carboxylic acids is 1. The van der Waals surface area contributed by atoms with Gasteiger partial charge in [-0.05, 0) is 5.56 Å². The molecule has 16 heavy (non-hydrogen) atoms. The number of rotatable bonds is 4. The maximum atomic E-state index is 11.5. The Kier molecular flexibility index (Phi) is 4.72. The largest absolute Gasteiger partial charge is 0.477 e. The van der Waals surface area contributed by atoms with Crippen LogP contribution in [0.15, 0.2) is 41.0 Å². The minimum Gasteiger partial charge on any atom is -0.477 e. The highest BCUT2D eigenvalue weighted by Gasteiger charge is 2.10. The number of carbonyl (C=O) groups is 2. The van der Waals surface area contributed by atoms with E-state index in [0.29, 0.717) is 0 Å². The number of benzene rings is 1. The number of nitrogens with one attached hydrogen (secondary N) is 1. The summed E-state index contributed by atoms with van der Waals surface area (Å²) in [4.78, 5) is 23.2. The molecule has 0 heterocycles. The molecular weight excluding hydrogens is 274 g/mol. The van der Waals surface area contributed by atoms with Crippen LogP contribution in [0.25, 0.3) is 0 Å². The average molecular weight is 284 g/mol. The van der Waals surface area contributed by atoms with E-state index in [9.17, 15) is 9.59 Å². The first-order chi connectivity index (χ1) is 7.63. The predicted molar refractivity (Wildman–Crippen MR) is 62.9 cm³/mol. The second kappa shape index (κ2) is 6.07. The van der Waals surface area contributed by atoms with Gasteiger partial charge in [-0.25, -0.2) is 4.79 Å². The molecule has 0 spiro atoms. The topological polar surface area (TPSA) is 66.4 Å². The Labute approximate surface area is 101 Å². The number of aliphatic carboxylic acids is 1. The zero-order valence-corrected chi connectivity index (χ0v) is 9.90. The van der Waals surface area contributed by atoms with Gasteiger partial charge in [-0.1, -0.05) is 46.3 Å². The maximum absolute atomic E-state index is 11.5. The van der Waals surface area contributed by atoms with Gasteiger partial charge in [0.25, 0.3) is 0 Å². The first-order valence-electron chi connectivity index (χ1n) is 4.51. The molecule has 0 aliphatic heterocycles. The van der Waals surface area contributed by atoms with Crippen LogP contribution >= 0.6 is 15.9 Å². The van der Waals surface area contributed by atoms with E-state index < -0.39 is 5.97 Å². The van der Waals surface area contributed by atoms with Gasteiger partial charge in [-0.3, -0.25) is 4.79 Å². The Hall–Kier alpha value is -1.62.